The molecule has 3 aromatic heterocycles. The first-order valence-electron chi connectivity index (χ1n) is 13.0. The van der Waals surface area contributed by atoms with Crippen LogP contribution in [0.15, 0.2) is 106 Å². The molecule has 42 heavy (non-hydrogen) atoms. The zero-order valence-corrected chi connectivity index (χ0v) is 25.7. The summed E-state index contributed by atoms with van der Waals surface area (Å²) in [5.41, 5.74) is 1.97. The highest BCUT2D eigenvalue weighted by molar-refractivity contribution is 8.00. The van der Waals surface area contributed by atoms with Gasteiger partial charge in [-0.1, -0.05) is 43.3 Å². The number of amides is 3. The fourth-order valence-electron chi connectivity index (χ4n) is 3.84. The van der Waals surface area contributed by atoms with Crippen molar-refractivity contribution in [2.75, 3.05) is 10.6 Å². The zero-order valence-electron chi connectivity index (χ0n) is 22.4. The van der Waals surface area contributed by atoms with Crippen LogP contribution >= 0.6 is 45.8 Å². The van der Waals surface area contributed by atoms with Gasteiger partial charge in [0.25, 0.3) is 11.8 Å². The van der Waals surface area contributed by atoms with Crippen LogP contribution in [0.1, 0.15) is 28.6 Å². The average molecular weight is 631 g/mol. The molecule has 0 radical (unpaired) electrons. The Morgan fingerprint density at radius 3 is 2.45 bits per heavy atom. The summed E-state index contributed by atoms with van der Waals surface area (Å²) < 4.78 is 0. The number of thioether (sulfide) groups is 1. The molecule has 0 saturated carbocycles. The maximum absolute atomic E-state index is 13.3. The van der Waals surface area contributed by atoms with Gasteiger partial charge >= 0.3 is 0 Å². The number of carbonyl (C=O) groups excluding carboxylic acids is 3. The molecule has 2 aromatic carbocycles. The number of hydrogen-bond donors (Lipinski definition) is 3. The van der Waals surface area contributed by atoms with Crippen LogP contribution in [0, 0.1) is 0 Å². The standard InChI is InChI=1S/C31H26N4O3S4/c1-2-26(30(38)35-31-34-25(19-41-31)27-14-8-16-40-27)42-23-12-6-11-21(17-23)32-29(37)24(18-22-13-7-15-39-22)33-28(36)20-9-4-3-5-10-20/h3-19,26H,2H2,1H3,(H,32,37)(H,33,36)(H,34,35,38)/b24-18-. The molecule has 0 fully saturated rings. The third-order valence-electron chi connectivity index (χ3n) is 5.90. The number of benzene rings is 2. The van der Waals surface area contributed by atoms with Crippen molar-refractivity contribution >= 4 is 80.4 Å². The van der Waals surface area contributed by atoms with Gasteiger partial charge in [0.05, 0.1) is 15.8 Å². The van der Waals surface area contributed by atoms with Crippen molar-refractivity contribution in [1.82, 2.24) is 10.3 Å². The Hall–Kier alpha value is -4.03. The van der Waals surface area contributed by atoms with Gasteiger partial charge in [0, 0.05) is 26.4 Å². The lowest BCUT2D eigenvalue weighted by Crippen LogP contribution is -2.30. The molecule has 0 spiro atoms. The van der Waals surface area contributed by atoms with E-state index in [0.29, 0.717) is 22.8 Å². The first-order valence-corrected chi connectivity index (χ1v) is 16.5. The number of aromatic nitrogens is 1. The lowest BCUT2D eigenvalue weighted by Gasteiger charge is -2.15. The molecule has 0 aliphatic heterocycles. The molecule has 5 aromatic rings. The Bertz CT molecular complexity index is 1680. The van der Waals surface area contributed by atoms with Crippen molar-refractivity contribution in [3.05, 3.63) is 111 Å². The summed E-state index contributed by atoms with van der Waals surface area (Å²) in [4.78, 5) is 46.5. The number of anilines is 2. The smallest absolute Gasteiger partial charge is 0.272 e. The summed E-state index contributed by atoms with van der Waals surface area (Å²) in [6.07, 6.45) is 2.26. The molecule has 11 heteroatoms. The lowest BCUT2D eigenvalue weighted by molar-refractivity contribution is -0.116. The molecule has 0 bridgehead atoms. The Balaban J connectivity index is 1.25. The molecule has 3 amide bonds. The number of carbonyl (C=O) groups is 3. The van der Waals surface area contributed by atoms with E-state index >= 15 is 0 Å². The van der Waals surface area contributed by atoms with Crippen LogP contribution in [0.25, 0.3) is 16.6 Å². The van der Waals surface area contributed by atoms with E-state index in [0.717, 1.165) is 20.3 Å². The summed E-state index contributed by atoms with van der Waals surface area (Å²) in [5.74, 6) is -0.962. The first-order chi connectivity index (χ1) is 20.5. The van der Waals surface area contributed by atoms with E-state index in [1.54, 1.807) is 47.7 Å². The summed E-state index contributed by atoms with van der Waals surface area (Å²) in [5, 5.41) is 14.6. The Morgan fingerprint density at radius 1 is 0.905 bits per heavy atom. The van der Waals surface area contributed by atoms with Gasteiger partial charge in [0.2, 0.25) is 5.91 Å². The van der Waals surface area contributed by atoms with Gasteiger partial charge in [-0.15, -0.1) is 45.8 Å². The zero-order chi connectivity index (χ0) is 29.3. The van der Waals surface area contributed by atoms with E-state index in [9.17, 15) is 14.4 Å². The van der Waals surface area contributed by atoms with Crippen LogP contribution in [0.5, 0.6) is 0 Å². The Morgan fingerprint density at radius 2 is 1.71 bits per heavy atom. The van der Waals surface area contributed by atoms with Crippen molar-refractivity contribution < 1.29 is 14.4 Å². The Kier molecular flexibility index (Phi) is 9.98. The first kappa shape index (κ1) is 29.5. The number of nitrogens with zero attached hydrogens (tertiary/aromatic N) is 1. The van der Waals surface area contributed by atoms with Crippen molar-refractivity contribution in [2.45, 2.75) is 23.5 Å². The molecular formula is C31H26N4O3S4. The van der Waals surface area contributed by atoms with Crippen molar-refractivity contribution in [2.24, 2.45) is 0 Å². The predicted octanol–water partition coefficient (Wildman–Crippen LogP) is 7.85. The molecule has 3 heterocycles. The minimum atomic E-state index is -0.454. The van der Waals surface area contributed by atoms with E-state index in [1.165, 1.54) is 34.4 Å². The number of nitrogens with one attached hydrogen (secondary N) is 3. The van der Waals surface area contributed by atoms with Crippen LogP contribution in [0.4, 0.5) is 10.8 Å². The monoisotopic (exact) mass is 630 g/mol. The van der Waals surface area contributed by atoms with Crippen molar-refractivity contribution in [1.29, 1.82) is 0 Å². The van der Waals surface area contributed by atoms with Crippen LogP contribution in [-0.2, 0) is 9.59 Å². The normalized spacial score (nSPS) is 12.0. The molecule has 7 nitrogen and oxygen atoms in total. The fraction of sp³-hybridized carbons (Fsp3) is 0.0968. The van der Waals surface area contributed by atoms with Crippen LogP contribution in [0.2, 0.25) is 0 Å². The predicted molar refractivity (Wildman–Crippen MR) is 175 cm³/mol. The summed E-state index contributed by atoms with van der Waals surface area (Å²) >= 11 is 5.88. The van der Waals surface area contributed by atoms with E-state index < -0.39 is 5.91 Å². The van der Waals surface area contributed by atoms with Gasteiger partial charge in [-0.3, -0.25) is 14.4 Å². The molecule has 3 N–H and O–H groups in total. The highest BCUT2D eigenvalue weighted by atomic mass is 32.2. The Labute approximate surface area is 259 Å². The van der Waals surface area contributed by atoms with E-state index in [1.807, 2.05) is 71.6 Å². The number of thiophene rings is 2. The molecule has 5 rings (SSSR count). The van der Waals surface area contributed by atoms with Gasteiger partial charge in [-0.2, -0.15) is 0 Å². The van der Waals surface area contributed by atoms with Crippen molar-refractivity contribution in [3.63, 3.8) is 0 Å². The summed E-state index contributed by atoms with van der Waals surface area (Å²) in [6, 6.07) is 23.8. The second kappa shape index (κ2) is 14.2. The van der Waals surface area contributed by atoms with Crippen LogP contribution in [-0.4, -0.2) is 28.0 Å². The highest BCUT2D eigenvalue weighted by Crippen LogP contribution is 2.31. The maximum Gasteiger partial charge on any atom is 0.272 e. The number of thiazole rings is 1. The molecule has 0 aliphatic rings. The molecule has 1 unspecified atom stereocenters. The number of rotatable bonds is 11. The molecular weight excluding hydrogens is 605 g/mol. The molecule has 212 valence electrons. The van der Waals surface area contributed by atoms with Gasteiger partial charge in [-0.25, -0.2) is 4.98 Å². The third kappa shape index (κ3) is 7.83. The lowest BCUT2D eigenvalue weighted by atomic mass is 10.2. The molecule has 0 saturated heterocycles. The minimum absolute atomic E-state index is 0.125. The van der Waals surface area contributed by atoms with Gasteiger partial charge in [0.15, 0.2) is 5.13 Å². The van der Waals surface area contributed by atoms with E-state index in [2.05, 4.69) is 20.9 Å². The van der Waals surface area contributed by atoms with Gasteiger partial charge < -0.3 is 16.0 Å². The maximum atomic E-state index is 13.3. The quantitative estimate of drug-likeness (QED) is 0.102. The third-order valence-corrected chi connectivity index (χ3v) is 9.73. The van der Waals surface area contributed by atoms with Gasteiger partial charge in [0.1, 0.15) is 5.70 Å². The van der Waals surface area contributed by atoms with Crippen molar-refractivity contribution in [3.8, 4) is 10.6 Å². The van der Waals surface area contributed by atoms with E-state index in [4.69, 9.17) is 0 Å². The average Bonchev–Trinajstić information content (AvgIpc) is 3.80. The van der Waals surface area contributed by atoms with Gasteiger partial charge in [-0.05, 0) is 65.7 Å². The SMILES string of the molecule is CCC(Sc1cccc(NC(=O)/C(=C/c2cccs2)NC(=O)c2ccccc2)c1)C(=O)Nc1nc(-c2cccs2)cs1. The highest BCUT2D eigenvalue weighted by Gasteiger charge is 2.20. The van der Waals surface area contributed by atoms with Crippen LogP contribution in [0.3, 0.4) is 0 Å². The topological polar surface area (TPSA) is 100 Å². The van der Waals surface area contributed by atoms with E-state index in [-0.39, 0.29) is 22.8 Å². The summed E-state index contributed by atoms with van der Waals surface area (Å²) in [7, 11) is 0. The second-order valence-corrected chi connectivity index (χ2v) is 13.0. The molecule has 1 atom stereocenters. The molecule has 0 aliphatic carbocycles. The minimum Gasteiger partial charge on any atom is -0.321 e. The second-order valence-electron chi connectivity index (χ2n) is 8.89. The van der Waals surface area contributed by atoms with Crippen LogP contribution < -0.4 is 16.0 Å². The number of hydrogen-bond acceptors (Lipinski definition) is 8. The largest absolute Gasteiger partial charge is 0.321 e. The fourth-order valence-corrected chi connectivity index (χ4v) is 6.99. The summed E-state index contributed by atoms with van der Waals surface area (Å²) in [6.45, 7) is 1.96.